The van der Waals surface area contributed by atoms with Gasteiger partial charge in [0.2, 0.25) is 0 Å². The average Bonchev–Trinajstić information content (AvgIpc) is 2.42. The monoisotopic (exact) mass is 385 g/mol. The van der Waals surface area contributed by atoms with E-state index in [1.54, 1.807) is 11.0 Å². The number of nitrogens with zero attached hydrogens (tertiary/aromatic N) is 1. The lowest BCUT2D eigenvalue weighted by atomic mass is 9.90. The molecule has 0 bridgehead atoms. The predicted molar refractivity (Wildman–Crippen MR) is 88.7 cm³/mol. The molecule has 1 atom stereocenters. The number of hydrogen-bond acceptors (Lipinski definition) is 3. The fraction of sp³-hybridized carbons (Fsp3) is 0.529. The van der Waals surface area contributed by atoms with Gasteiger partial charge in [0, 0.05) is 29.9 Å². The van der Waals surface area contributed by atoms with Crippen molar-refractivity contribution < 1.29 is 18.7 Å². The molecule has 0 N–H and O–H groups in total. The van der Waals surface area contributed by atoms with E-state index in [0.717, 1.165) is 5.56 Å². The van der Waals surface area contributed by atoms with Crippen molar-refractivity contribution >= 4 is 27.8 Å². The van der Waals surface area contributed by atoms with Crippen LogP contribution in [-0.2, 0) is 16.0 Å². The quantitative estimate of drug-likeness (QED) is 0.773. The van der Waals surface area contributed by atoms with Crippen LogP contribution in [0.5, 0.6) is 0 Å². The van der Waals surface area contributed by atoms with E-state index in [9.17, 15) is 14.0 Å². The standard InChI is InChI=1S/C17H21BrFNO3/c1-17(2,3)23-16(22)20-7-6-15(21)12(10-20)8-11-4-5-13(19)9-14(11)18/h4-5,9,12H,6-8,10H2,1-3H3. The van der Waals surface area contributed by atoms with Crippen LogP contribution in [0.2, 0.25) is 0 Å². The zero-order chi connectivity index (χ0) is 17.2. The Morgan fingerprint density at radius 3 is 2.74 bits per heavy atom. The van der Waals surface area contributed by atoms with Gasteiger partial charge in [-0.3, -0.25) is 4.79 Å². The van der Waals surface area contributed by atoms with Gasteiger partial charge in [-0.25, -0.2) is 9.18 Å². The van der Waals surface area contributed by atoms with Crippen LogP contribution < -0.4 is 0 Å². The third-order valence-corrected chi connectivity index (χ3v) is 4.40. The van der Waals surface area contributed by atoms with Crippen molar-refractivity contribution in [3.8, 4) is 0 Å². The summed E-state index contributed by atoms with van der Waals surface area (Å²) in [7, 11) is 0. The van der Waals surface area contributed by atoms with E-state index in [4.69, 9.17) is 4.74 Å². The van der Waals surface area contributed by atoms with Crippen LogP contribution in [0.1, 0.15) is 32.8 Å². The van der Waals surface area contributed by atoms with Gasteiger partial charge in [-0.2, -0.15) is 0 Å². The number of halogens is 2. The molecule has 1 unspecified atom stereocenters. The second-order valence-electron chi connectivity index (χ2n) is 6.78. The Morgan fingerprint density at radius 1 is 1.43 bits per heavy atom. The fourth-order valence-electron chi connectivity index (χ4n) is 2.53. The number of ether oxygens (including phenoxy) is 1. The van der Waals surface area contributed by atoms with E-state index in [2.05, 4.69) is 15.9 Å². The molecule has 1 aromatic rings. The Bertz CT molecular complexity index is 612. The molecule has 1 saturated heterocycles. The zero-order valence-corrected chi connectivity index (χ0v) is 15.2. The number of Topliss-reactive ketones (excluding diaryl/α,β-unsaturated/α-hetero) is 1. The van der Waals surface area contributed by atoms with Crippen LogP contribution in [0.25, 0.3) is 0 Å². The van der Waals surface area contributed by atoms with Crippen molar-refractivity contribution in [2.45, 2.75) is 39.2 Å². The van der Waals surface area contributed by atoms with E-state index < -0.39 is 11.7 Å². The molecule has 1 fully saturated rings. The number of carbonyl (C=O) groups excluding carboxylic acids is 2. The highest BCUT2D eigenvalue weighted by atomic mass is 79.9. The summed E-state index contributed by atoms with van der Waals surface area (Å²) in [5.41, 5.74) is 0.296. The second kappa shape index (κ2) is 6.99. The van der Waals surface area contributed by atoms with Crippen molar-refractivity contribution in [3.05, 3.63) is 34.1 Å². The number of hydrogen-bond donors (Lipinski definition) is 0. The maximum absolute atomic E-state index is 13.2. The number of rotatable bonds is 2. The van der Waals surface area contributed by atoms with Gasteiger partial charge in [-0.05, 0) is 44.9 Å². The van der Waals surface area contributed by atoms with Gasteiger partial charge in [-0.1, -0.05) is 22.0 Å². The Labute approximate surface area is 144 Å². The van der Waals surface area contributed by atoms with Crippen molar-refractivity contribution in [2.75, 3.05) is 13.1 Å². The van der Waals surface area contributed by atoms with Gasteiger partial charge in [0.25, 0.3) is 0 Å². The summed E-state index contributed by atoms with van der Waals surface area (Å²) in [5, 5.41) is 0. The summed E-state index contributed by atoms with van der Waals surface area (Å²) in [5.74, 6) is -0.495. The number of benzene rings is 1. The highest BCUT2D eigenvalue weighted by molar-refractivity contribution is 9.10. The first kappa shape index (κ1) is 17.9. The van der Waals surface area contributed by atoms with E-state index in [1.165, 1.54) is 12.1 Å². The van der Waals surface area contributed by atoms with E-state index in [1.807, 2.05) is 20.8 Å². The van der Waals surface area contributed by atoms with Gasteiger partial charge in [0.1, 0.15) is 17.2 Å². The smallest absolute Gasteiger partial charge is 0.410 e. The minimum Gasteiger partial charge on any atom is -0.444 e. The summed E-state index contributed by atoms with van der Waals surface area (Å²) in [6.07, 6.45) is 0.398. The summed E-state index contributed by atoms with van der Waals surface area (Å²) < 4.78 is 19.2. The van der Waals surface area contributed by atoms with Crippen LogP contribution in [-0.4, -0.2) is 35.5 Å². The molecule has 4 nitrogen and oxygen atoms in total. The van der Waals surface area contributed by atoms with Gasteiger partial charge in [0.05, 0.1) is 0 Å². The lowest BCUT2D eigenvalue weighted by Gasteiger charge is -2.33. The highest BCUT2D eigenvalue weighted by Crippen LogP contribution is 2.25. The highest BCUT2D eigenvalue weighted by Gasteiger charge is 2.32. The van der Waals surface area contributed by atoms with E-state index in [-0.39, 0.29) is 17.5 Å². The molecule has 1 aliphatic heterocycles. The molecule has 0 aliphatic carbocycles. The molecule has 0 saturated carbocycles. The normalized spacial score (nSPS) is 18.9. The molecule has 2 rings (SSSR count). The van der Waals surface area contributed by atoms with Crippen LogP contribution in [0.3, 0.4) is 0 Å². The van der Waals surface area contributed by atoms with Crippen LogP contribution in [0.15, 0.2) is 22.7 Å². The lowest BCUT2D eigenvalue weighted by molar-refractivity contribution is -0.125. The number of amides is 1. The first-order valence-corrected chi connectivity index (χ1v) is 8.39. The Kier molecular flexibility index (Phi) is 5.45. The summed E-state index contributed by atoms with van der Waals surface area (Å²) in [4.78, 5) is 25.9. The predicted octanol–water partition coefficient (Wildman–Crippen LogP) is 3.96. The third kappa shape index (κ3) is 5.03. The second-order valence-corrected chi connectivity index (χ2v) is 7.63. The van der Waals surface area contributed by atoms with Crippen molar-refractivity contribution in [2.24, 2.45) is 5.92 Å². The van der Waals surface area contributed by atoms with Gasteiger partial charge >= 0.3 is 6.09 Å². The molecule has 126 valence electrons. The molecular weight excluding hydrogens is 365 g/mol. The first-order chi connectivity index (χ1) is 10.7. The fourth-order valence-corrected chi connectivity index (χ4v) is 3.04. The van der Waals surface area contributed by atoms with Crippen molar-refractivity contribution in [1.82, 2.24) is 4.90 Å². The van der Waals surface area contributed by atoms with Crippen LogP contribution >= 0.6 is 15.9 Å². The van der Waals surface area contributed by atoms with Gasteiger partial charge < -0.3 is 9.64 Å². The topological polar surface area (TPSA) is 46.6 Å². The maximum Gasteiger partial charge on any atom is 0.410 e. The maximum atomic E-state index is 13.2. The summed E-state index contributed by atoms with van der Waals surface area (Å²) in [6.45, 7) is 6.15. The number of carbonyl (C=O) groups is 2. The number of piperidine rings is 1. The third-order valence-electron chi connectivity index (χ3n) is 3.66. The lowest BCUT2D eigenvalue weighted by Crippen LogP contribution is -2.46. The first-order valence-electron chi connectivity index (χ1n) is 7.60. The van der Waals surface area contributed by atoms with E-state index in [0.29, 0.717) is 30.4 Å². The minimum atomic E-state index is -0.561. The van der Waals surface area contributed by atoms with Crippen LogP contribution in [0.4, 0.5) is 9.18 Å². The average molecular weight is 386 g/mol. The summed E-state index contributed by atoms with van der Waals surface area (Å²) in [6, 6.07) is 4.42. The molecule has 1 heterocycles. The molecule has 1 amide bonds. The number of likely N-dealkylation sites (tertiary alicyclic amines) is 1. The largest absolute Gasteiger partial charge is 0.444 e. The molecule has 0 radical (unpaired) electrons. The van der Waals surface area contributed by atoms with E-state index >= 15 is 0 Å². The molecule has 0 spiro atoms. The molecule has 6 heteroatoms. The van der Waals surface area contributed by atoms with Gasteiger partial charge in [0.15, 0.2) is 0 Å². The van der Waals surface area contributed by atoms with Gasteiger partial charge in [-0.15, -0.1) is 0 Å². The minimum absolute atomic E-state index is 0.126. The Morgan fingerprint density at radius 2 is 2.13 bits per heavy atom. The molecule has 23 heavy (non-hydrogen) atoms. The van der Waals surface area contributed by atoms with Crippen LogP contribution in [0, 0.1) is 11.7 Å². The van der Waals surface area contributed by atoms with Crippen molar-refractivity contribution in [1.29, 1.82) is 0 Å². The van der Waals surface area contributed by atoms with Crippen molar-refractivity contribution in [3.63, 3.8) is 0 Å². The summed E-state index contributed by atoms with van der Waals surface area (Å²) >= 11 is 3.32. The molecule has 0 aromatic heterocycles. The molecule has 1 aliphatic rings. The SMILES string of the molecule is CC(C)(C)OC(=O)N1CCC(=O)C(Cc2ccc(F)cc2Br)C1. The molecular formula is C17H21BrFNO3. The Balaban J connectivity index is 2.06. The molecule has 1 aromatic carbocycles. The Hall–Kier alpha value is -1.43. The zero-order valence-electron chi connectivity index (χ0n) is 13.6. The number of ketones is 1.